The third kappa shape index (κ3) is 4.84. The molecule has 5 N–H and O–H groups in total. The lowest BCUT2D eigenvalue weighted by Gasteiger charge is -2.29. The minimum absolute atomic E-state index is 0.109. The number of aromatic nitrogens is 2. The number of carbonyl (C=O) groups excluding carboxylic acids is 4. The Labute approximate surface area is 187 Å². The second-order valence-electron chi connectivity index (χ2n) is 7.89. The van der Waals surface area contributed by atoms with E-state index in [1.165, 1.54) is 17.4 Å². The van der Waals surface area contributed by atoms with Gasteiger partial charge in [-0.3, -0.25) is 24.5 Å². The van der Waals surface area contributed by atoms with Crippen LogP contribution in [0.25, 0.3) is 0 Å². The van der Waals surface area contributed by atoms with Crippen molar-refractivity contribution in [3.05, 3.63) is 53.1 Å². The summed E-state index contributed by atoms with van der Waals surface area (Å²) in [4.78, 5) is 68.1. The molecule has 4 rings (SSSR count). The molecule has 0 bridgehead atoms. The number of amides is 5. The summed E-state index contributed by atoms with van der Waals surface area (Å²) in [5, 5.41) is 16.2. The van der Waals surface area contributed by atoms with Crippen molar-refractivity contribution in [3.8, 4) is 0 Å². The van der Waals surface area contributed by atoms with E-state index in [-0.39, 0.29) is 44.2 Å². The fourth-order valence-corrected chi connectivity index (χ4v) is 4.02. The summed E-state index contributed by atoms with van der Waals surface area (Å²) in [6, 6.07) is 3.40. The van der Waals surface area contributed by atoms with Gasteiger partial charge in [-0.25, -0.2) is 9.78 Å². The van der Waals surface area contributed by atoms with Crippen molar-refractivity contribution in [3.63, 3.8) is 0 Å². The van der Waals surface area contributed by atoms with Crippen LogP contribution < -0.4 is 16.0 Å². The first-order chi connectivity index (χ1) is 15.8. The van der Waals surface area contributed by atoms with E-state index in [2.05, 4.69) is 25.9 Å². The number of nitrogens with zero attached hydrogens (tertiary/aromatic N) is 2. The van der Waals surface area contributed by atoms with Crippen molar-refractivity contribution < 1.29 is 29.1 Å². The van der Waals surface area contributed by atoms with Crippen LogP contribution in [0.5, 0.6) is 0 Å². The Bertz CT molecular complexity index is 1110. The number of aromatic amines is 1. The normalized spacial score (nSPS) is 18.5. The molecule has 0 saturated carbocycles. The summed E-state index contributed by atoms with van der Waals surface area (Å²) in [5.74, 6) is -1.61. The monoisotopic (exact) mass is 454 g/mol. The average molecular weight is 454 g/mol. The maximum atomic E-state index is 12.8. The van der Waals surface area contributed by atoms with E-state index in [0.29, 0.717) is 16.8 Å². The topological polar surface area (TPSA) is 174 Å². The highest BCUT2D eigenvalue weighted by Gasteiger charge is 2.39. The van der Waals surface area contributed by atoms with Gasteiger partial charge in [-0.2, -0.15) is 0 Å². The van der Waals surface area contributed by atoms with Gasteiger partial charge in [0.05, 0.1) is 6.33 Å². The number of benzene rings is 1. The fourth-order valence-electron chi connectivity index (χ4n) is 4.02. The number of imidazole rings is 1. The largest absolute Gasteiger partial charge is 0.465 e. The summed E-state index contributed by atoms with van der Waals surface area (Å²) in [5.41, 5.74) is 2.51. The van der Waals surface area contributed by atoms with Crippen molar-refractivity contribution in [2.24, 2.45) is 0 Å². The van der Waals surface area contributed by atoms with Crippen LogP contribution in [-0.4, -0.2) is 61.8 Å². The quantitative estimate of drug-likeness (QED) is 0.356. The van der Waals surface area contributed by atoms with Gasteiger partial charge in [0.25, 0.3) is 5.91 Å². The zero-order chi connectivity index (χ0) is 23.5. The van der Waals surface area contributed by atoms with Crippen molar-refractivity contribution in [1.82, 2.24) is 30.8 Å². The second kappa shape index (κ2) is 9.10. The smallest absolute Gasteiger partial charge is 0.405 e. The van der Waals surface area contributed by atoms with Gasteiger partial charge in [0.2, 0.25) is 17.7 Å². The Morgan fingerprint density at radius 2 is 2.09 bits per heavy atom. The molecule has 2 aliphatic rings. The predicted molar refractivity (Wildman–Crippen MR) is 112 cm³/mol. The lowest BCUT2D eigenvalue weighted by molar-refractivity contribution is -0.137. The van der Waals surface area contributed by atoms with Crippen LogP contribution in [0.2, 0.25) is 0 Å². The molecule has 2 aromatic rings. The maximum Gasteiger partial charge on any atom is 0.405 e. The van der Waals surface area contributed by atoms with Gasteiger partial charge in [-0.05, 0) is 23.6 Å². The zero-order valence-corrected chi connectivity index (χ0v) is 17.5. The number of hydrogen-bond acceptors (Lipinski definition) is 6. The van der Waals surface area contributed by atoms with E-state index in [1.54, 1.807) is 18.2 Å². The van der Waals surface area contributed by atoms with E-state index < -0.39 is 30.0 Å². The molecule has 172 valence electrons. The molecule has 1 saturated heterocycles. The zero-order valence-electron chi connectivity index (χ0n) is 17.5. The molecule has 2 atom stereocenters. The van der Waals surface area contributed by atoms with E-state index in [9.17, 15) is 24.0 Å². The number of carbonyl (C=O) groups is 5. The van der Waals surface area contributed by atoms with Crippen molar-refractivity contribution >= 4 is 29.7 Å². The Hall–Kier alpha value is -4.22. The van der Waals surface area contributed by atoms with Crippen LogP contribution in [0.3, 0.4) is 0 Å². The van der Waals surface area contributed by atoms with Gasteiger partial charge in [-0.15, -0.1) is 0 Å². The number of carboxylic acid groups (broad SMARTS) is 1. The Balaban J connectivity index is 1.40. The number of nitrogens with one attached hydrogen (secondary N) is 4. The lowest BCUT2D eigenvalue weighted by atomic mass is 10.0. The van der Waals surface area contributed by atoms with Crippen LogP contribution in [0.1, 0.15) is 40.0 Å². The molecule has 0 aliphatic carbocycles. The first-order valence-corrected chi connectivity index (χ1v) is 10.3. The van der Waals surface area contributed by atoms with Gasteiger partial charge < -0.3 is 25.6 Å². The van der Waals surface area contributed by atoms with Crippen molar-refractivity contribution in [2.45, 2.75) is 44.4 Å². The van der Waals surface area contributed by atoms with E-state index in [1.807, 2.05) is 0 Å². The Kier molecular flexibility index (Phi) is 6.07. The summed E-state index contributed by atoms with van der Waals surface area (Å²) < 4.78 is 0. The molecule has 1 aromatic heterocycles. The first kappa shape index (κ1) is 22.0. The number of piperidine rings is 1. The van der Waals surface area contributed by atoms with E-state index in [0.717, 1.165) is 5.56 Å². The highest BCUT2D eigenvalue weighted by atomic mass is 16.4. The fraction of sp³-hybridized carbons (Fsp3) is 0.333. The number of H-pyrrole nitrogens is 1. The van der Waals surface area contributed by atoms with Gasteiger partial charge in [0.1, 0.15) is 12.1 Å². The number of fused-ring (bicyclic) bond motifs is 1. The molecule has 3 heterocycles. The Morgan fingerprint density at radius 3 is 2.79 bits per heavy atom. The number of rotatable bonds is 7. The summed E-state index contributed by atoms with van der Waals surface area (Å²) in [7, 11) is 0. The first-order valence-electron chi connectivity index (χ1n) is 10.3. The standard InChI is InChI=1S/C21H22N6O6/c28-17-4-3-16(19(30)26-17)27-9-12-5-11(1-2-14(12)20(27)31)7-23-18(29)15(25-21(32)33)6-13-8-22-10-24-13/h1-2,5,8,10,15-16,25H,3-4,6-7,9H2,(H,22,24)(H,23,29)(H,32,33)(H,26,28,30). The summed E-state index contributed by atoms with van der Waals surface area (Å²) in [6.45, 7) is 0.352. The van der Waals surface area contributed by atoms with Crippen LogP contribution in [0.15, 0.2) is 30.7 Å². The number of hydrogen-bond donors (Lipinski definition) is 5. The predicted octanol–water partition coefficient (Wildman–Crippen LogP) is -0.334. The SMILES string of the molecule is O=C(O)NC(Cc1cnc[nH]1)C(=O)NCc1ccc2c(c1)CN(C1CCC(=O)NC1=O)C2=O. The molecule has 1 fully saturated rings. The number of imide groups is 1. The molecule has 12 nitrogen and oxygen atoms in total. The molecule has 2 aliphatic heterocycles. The molecule has 33 heavy (non-hydrogen) atoms. The molecule has 2 unspecified atom stereocenters. The van der Waals surface area contributed by atoms with Crippen LogP contribution in [0, 0.1) is 0 Å². The highest BCUT2D eigenvalue weighted by molar-refractivity contribution is 6.05. The summed E-state index contributed by atoms with van der Waals surface area (Å²) >= 11 is 0. The minimum atomic E-state index is -1.32. The molecule has 0 spiro atoms. The molecular formula is C21H22N6O6. The minimum Gasteiger partial charge on any atom is -0.465 e. The third-order valence-electron chi connectivity index (χ3n) is 5.65. The third-order valence-corrected chi connectivity index (χ3v) is 5.65. The highest BCUT2D eigenvalue weighted by Crippen LogP contribution is 2.28. The summed E-state index contributed by atoms with van der Waals surface area (Å²) in [6.07, 6.45) is 2.20. The average Bonchev–Trinajstić information content (AvgIpc) is 3.39. The van der Waals surface area contributed by atoms with Crippen LogP contribution in [-0.2, 0) is 33.9 Å². The van der Waals surface area contributed by atoms with E-state index in [4.69, 9.17) is 5.11 Å². The van der Waals surface area contributed by atoms with Crippen molar-refractivity contribution in [2.75, 3.05) is 0 Å². The van der Waals surface area contributed by atoms with E-state index >= 15 is 0 Å². The van der Waals surface area contributed by atoms with Crippen molar-refractivity contribution in [1.29, 1.82) is 0 Å². The van der Waals surface area contributed by atoms with Crippen LogP contribution in [0.4, 0.5) is 4.79 Å². The van der Waals surface area contributed by atoms with Gasteiger partial charge >= 0.3 is 6.09 Å². The molecule has 5 amide bonds. The lowest BCUT2D eigenvalue weighted by Crippen LogP contribution is -2.52. The second-order valence-corrected chi connectivity index (χ2v) is 7.89. The molecule has 12 heteroatoms. The molecular weight excluding hydrogens is 432 g/mol. The molecule has 0 radical (unpaired) electrons. The van der Waals surface area contributed by atoms with Gasteiger partial charge in [-0.1, -0.05) is 12.1 Å². The van der Waals surface area contributed by atoms with Crippen LogP contribution >= 0.6 is 0 Å². The molecule has 1 aromatic carbocycles. The van der Waals surface area contributed by atoms with Gasteiger partial charge in [0, 0.05) is 43.4 Å². The Morgan fingerprint density at radius 1 is 1.27 bits per heavy atom. The maximum absolute atomic E-state index is 12.8. The van der Waals surface area contributed by atoms with Gasteiger partial charge in [0.15, 0.2) is 0 Å².